The first kappa shape index (κ1) is 17.3. The summed E-state index contributed by atoms with van der Waals surface area (Å²) in [6.07, 6.45) is 2.59. The van der Waals surface area contributed by atoms with Crippen molar-refractivity contribution in [3.05, 3.63) is 70.3 Å². The Morgan fingerprint density at radius 1 is 1.17 bits per heavy atom. The smallest absolute Gasteiger partial charge is 0.270 e. The number of primary sulfonamides is 1. The van der Waals surface area contributed by atoms with Gasteiger partial charge >= 0.3 is 0 Å². The zero-order chi connectivity index (χ0) is 17.7. The highest BCUT2D eigenvalue weighted by Crippen LogP contribution is 2.16. The van der Waals surface area contributed by atoms with E-state index >= 15 is 0 Å². The van der Waals surface area contributed by atoms with Gasteiger partial charge in [-0.2, -0.15) is 0 Å². The summed E-state index contributed by atoms with van der Waals surface area (Å²) in [5.41, 5.74) is 0.659. The van der Waals surface area contributed by atoms with E-state index in [2.05, 4.69) is 5.32 Å². The molecule has 9 heteroatoms. The van der Waals surface area contributed by atoms with Gasteiger partial charge in [-0.15, -0.1) is 0 Å². The number of nitrogens with two attached hydrogens (primary N) is 1. The second-order valence-corrected chi connectivity index (χ2v) is 6.31. The number of anilines is 1. The maximum absolute atomic E-state index is 11.9. The van der Waals surface area contributed by atoms with Crippen molar-refractivity contribution in [1.82, 2.24) is 0 Å². The highest BCUT2D eigenvalue weighted by atomic mass is 32.2. The van der Waals surface area contributed by atoms with Gasteiger partial charge in [-0.3, -0.25) is 14.9 Å². The number of nitrogens with zero attached hydrogens (tertiary/aromatic N) is 1. The van der Waals surface area contributed by atoms with Crippen LogP contribution in [0.25, 0.3) is 6.08 Å². The lowest BCUT2D eigenvalue weighted by atomic mass is 10.2. The zero-order valence-electron chi connectivity index (χ0n) is 12.2. The predicted octanol–water partition coefficient (Wildman–Crippen LogP) is 1.89. The third kappa shape index (κ3) is 4.73. The van der Waals surface area contributed by atoms with Gasteiger partial charge < -0.3 is 5.32 Å². The van der Waals surface area contributed by atoms with E-state index in [1.165, 1.54) is 54.6 Å². The number of hydrogen-bond donors (Lipinski definition) is 2. The van der Waals surface area contributed by atoms with Gasteiger partial charge in [0.1, 0.15) is 0 Å². The van der Waals surface area contributed by atoms with Gasteiger partial charge in [-0.25, -0.2) is 13.6 Å². The fourth-order valence-electron chi connectivity index (χ4n) is 1.85. The van der Waals surface area contributed by atoms with E-state index < -0.39 is 20.9 Å². The number of hydrogen-bond acceptors (Lipinski definition) is 5. The molecule has 0 bridgehead atoms. The van der Waals surface area contributed by atoms with Gasteiger partial charge in [0.15, 0.2) is 0 Å². The van der Waals surface area contributed by atoms with Crippen molar-refractivity contribution >= 4 is 33.4 Å². The number of carbonyl (C=O) groups excluding carboxylic acids is 1. The fourth-order valence-corrected chi connectivity index (χ4v) is 2.41. The number of carbonyl (C=O) groups is 1. The Balaban J connectivity index is 2.11. The molecule has 3 N–H and O–H groups in total. The number of nitro benzene ring substituents is 1. The minimum absolute atomic E-state index is 0.0848. The molecule has 0 saturated heterocycles. The van der Waals surface area contributed by atoms with Crippen LogP contribution >= 0.6 is 0 Å². The Morgan fingerprint density at radius 3 is 2.54 bits per heavy atom. The van der Waals surface area contributed by atoms with Crippen molar-refractivity contribution in [3.8, 4) is 0 Å². The standard InChI is InChI=1S/C15H13N3O5S/c16-24(22,23)14-6-2-4-12(10-14)17-15(19)8-7-11-3-1-5-13(9-11)18(20)21/h1-10H,(H,17,19)(H2,16,22,23)/b8-7+. The van der Waals surface area contributed by atoms with Crippen molar-refractivity contribution in [1.29, 1.82) is 0 Å². The summed E-state index contributed by atoms with van der Waals surface area (Å²) in [6.45, 7) is 0. The molecule has 2 aromatic rings. The summed E-state index contributed by atoms with van der Waals surface area (Å²) < 4.78 is 22.5. The first-order valence-electron chi connectivity index (χ1n) is 6.62. The SMILES string of the molecule is NS(=O)(=O)c1cccc(NC(=O)/C=C/c2cccc([N+](=O)[O-])c2)c1. The molecular weight excluding hydrogens is 334 g/mol. The Hall–Kier alpha value is -3.04. The van der Waals surface area contributed by atoms with Crippen LogP contribution in [-0.4, -0.2) is 19.2 Å². The van der Waals surface area contributed by atoms with Crippen LogP contribution < -0.4 is 10.5 Å². The number of benzene rings is 2. The van der Waals surface area contributed by atoms with Gasteiger partial charge in [-0.05, 0) is 29.8 Å². The molecular formula is C15H13N3O5S. The Bertz CT molecular complexity index is 922. The molecule has 0 aliphatic rings. The van der Waals surface area contributed by atoms with Crippen LogP contribution in [0.4, 0.5) is 11.4 Å². The van der Waals surface area contributed by atoms with E-state index in [0.29, 0.717) is 5.56 Å². The van der Waals surface area contributed by atoms with Crippen LogP contribution in [0.3, 0.4) is 0 Å². The van der Waals surface area contributed by atoms with Crippen LogP contribution in [0, 0.1) is 10.1 Å². The van der Waals surface area contributed by atoms with E-state index in [1.54, 1.807) is 6.07 Å². The quantitative estimate of drug-likeness (QED) is 0.484. The lowest BCUT2D eigenvalue weighted by Crippen LogP contribution is -2.13. The normalized spacial score (nSPS) is 11.4. The third-order valence-electron chi connectivity index (χ3n) is 2.94. The highest BCUT2D eigenvalue weighted by Gasteiger charge is 2.09. The van der Waals surface area contributed by atoms with Crippen molar-refractivity contribution in [2.24, 2.45) is 5.14 Å². The zero-order valence-corrected chi connectivity index (χ0v) is 13.1. The fraction of sp³-hybridized carbons (Fsp3) is 0. The van der Waals surface area contributed by atoms with Crippen LogP contribution in [0.2, 0.25) is 0 Å². The Labute approximate surface area is 137 Å². The topological polar surface area (TPSA) is 132 Å². The van der Waals surface area contributed by atoms with Crippen molar-refractivity contribution < 1.29 is 18.1 Å². The molecule has 0 radical (unpaired) electrons. The summed E-state index contributed by atoms with van der Waals surface area (Å²) in [6, 6.07) is 11.3. The van der Waals surface area contributed by atoms with Crippen molar-refractivity contribution in [3.63, 3.8) is 0 Å². The van der Waals surface area contributed by atoms with Crippen LogP contribution in [0.5, 0.6) is 0 Å². The van der Waals surface area contributed by atoms with Gasteiger partial charge in [-0.1, -0.05) is 18.2 Å². The second-order valence-electron chi connectivity index (χ2n) is 4.75. The summed E-state index contributed by atoms with van der Waals surface area (Å²) in [4.78, 5) is 21.9. The summed E-state index contributed by atoms with van der Waals surface area (Å²) in [5, 5.41) is 18.2. The molecule has 0 heterocycles. The summed E-state index contributed by atoms with van der Waals surface area (Å²) >= 11 is 0. The average molecular weight is 347 g/mol. The molecule has 0 aliphatic heterocycles. The number of rotatable bonds is 5. The number of nitrogens with one attached hydrogen (secondary N) is 1. The molecule has 2 rings (SSSR count). The monoisotopic (exact) mass is 347 g/mol. The van der Waals surface area contributed by atoms with Crippen molar-refractivity contribution in [2.75, 3.05) is 5.32 Å². The minimum Gasteiger partial charge on any atom is -0.322 e. The molecule has 0 atom stereocenters. The predicted molar refractivity (Wildman–Crippen MR) is 88.6 cm³/mol. The van der Waals surface area contributed by atoms with E-state index in [4.69, 9.17) is 5.14 Å². The molecule has 0 aliphatic carbocycles. The largest absolute Gasteiger partial charge is 0.322 e. The number of non-ortho nitro benzene ring substituents is 1. The van der Waals surface area contributed by atoms with Crippen LogP contribution in [0.15, 0.2) is 59.5 Å². The maximum atomic E-state index is 11.9. The molecule has 24 heavy (non-hydrogen) atoms. The minimum atomic E-state index is -3.86. The molecule has 2 aromatic carbocycles. The molecule has 0 fully saturated rings. The number of sulfonamides is 1. The Kier molecular flexibility index (Phi) is 5.07. The molecule has 0 saturated carbocycles. The molecule has 0 unspecified atom stereocenters. The maximum Gasteiger partial charge on any atom is 0.270 e. The number of nitro groups is 1. The molecule has 8 nitrogen and oxygen atoms in total. The third-order valence-corrected chi connectivity index (χ3v) is 3.85. The van der Waals surface area contributed by atoms with E-state index in [-0.39, 0.29) is 16.3 Å². The van der Waals surface area contributed by atoms with Crippen LogP contribution in [-0.2, 0) is 14.8 Å². The molecule has 124 valence electrons. The first-order valence-corrected chi connectivity index (χ1v) is 8.17. The second kappa shape index (κ2) is 7.02. The van der Waals surface area contributed by atoms with Gasteiger partial charge in [0.2, 0.25) is 15.9 Å². The molecule has 0 aromatic heterocycles. The first-order chi connectivity index (χ1) is 11.3. The summed E-state index contributed by atoms with van der Waals surface area (Å²) in [7, 11) is -3.86. The average Bonchev–Trinajstić information content (AvgIpc) is 2.52. The van der Waals surface area contributed by atoms with E-state index in [1.807, 2.05) is 0 Å². The van der Waals surface area contributed by atoms with Gasteiger partial charge in [0.25, 0.3) is 5.69 Å². The molecule has 1 amide bonds. The van der Waals surface area contributed by atoms with E-state index in [9.17, 15) is 23.3 Å². The van der Waals surface area contributed by atoms with Gasteiger partial charge in [0, 0.05) is 23.9 Å². The molecule has 0 spiro atoms. The van der Waals surface area contributed by atoms with E-state index in [0.717, 1.165) is 0 Å². The Morgan fingerprint density at radius 2 is 1.88 bits per heavy atom. The lowest BCUT2D eigenvalue weighted by Gasteiger charge is -2.04. The number of amides is 1. The van der Waals surface area contributed by atoms with Crippen LogP contribution in [0.1, 0.15) is 5.56 Å². The summed E-state index contributed by atoms with van der Waals surface area (Å²) in [5.74, 6) is -0.520. The highest BCUT2D eigenvalue weighted by molar-refractivity contribution is 7.89. The van der Waals surface area contributed by atoms with Crippen molar-refractivity contribution in [2.45, 2.75) is 4.90 Å². The van der Waals surface area contributed by atoms with Gasteiger partial charge in [0.05, 0.1) is 9.82 Å². The lowest BCUT2D eigenvalue weighted by molar-refractivity contribution is -0.384.